The normalized spacial score (nSPS) is 17.1. The molecule has 4 nitrogen and oxygen atoms in total. The molecule has 1 aliphatic rings. The van der Waals surface area contributed by atoms with Crippen molar-refractivity contribution in [3.63, 3.8) is 0 Å². The van der Waals surface area contributed by atoms with Crippen molar-refractivity contribution < 1.29 is 4.74 Å². The highest BCUT2D eigenvalue weighted by Crippen LogP contribution is 2.20. The molecule has 1 aromatic carbocycles. The van der Waals surface area contributed by atoms with Gasteiger partial charge in [-0.3, -0.25) is 4.90 Å². The SMILES string of the molecule is CCNCc1cc(C)ccc1OCCN1CCN(C)CC1. The van der Waals surface area contributed by atoms with Crippen LogP contribution < -0.4 is 10.1 Å². The third-order valence-corrected chi connectivity index (χ3v) is 4.04. The van der Waals surface area contributed by atoms with Gasteiger partial charge < -0.3 is 15.0 Å². The standard InChI is InChI=1S/C17H29N3O/c1-4-18-14-16-13-15(2)5-6-17(16)21-12-11-20-9-7-19(3)8-10-20/h5-6,13,18H,4,7-12,14H2,1-3H3. The number of ether oxygens (including phenoxy) is 1. The fraction of sp³-hybridized carbons (Fsp3) is 0.647. The van der Waals surface area contributed by atoms with Crippen molar-refractivity contribution in [2.24, 2.45) is 0 Å². The summed E-state index contributed by atoms with van der Waals surface area (Å²) in [5.41, 5.74) is 2.55. The molecule has 2 rings (SSSR count). The molecule has 1 saturated heterocycles. The number of nitrogens with zero attached hydrogens (tertiary/aromatic N) is 2. The van der Waals surface area contributed by atoms with Gasteiger partial charge in [-0.1, -0.05) is 24.6 Å². The van der Waals surface area contributed by atoms with Crippen LogP contribution >= 0.6 is 0 Å². The zero-order valence-corrected chi connectivity index (χ0v) is 13.7. The zero-order chi connectivity index (χ0) is 15.1. The Labute approximate surface area is 129 Å². The quantitative estimate of drug-likeness (QED) is 0.828. The third-order valence-electron chi connectivity index (χ3n) is 4.04. The minimum atomic E-state index is 0.770. The van der Waals surface area contributed by atoms with Crippen LogP contribution in [-0.2, 0) is 6.54 Å². The molecule has 21 heavy (non-hydrogen) atoms. The Balaban J connectivity index is 1.81. The number of rotatable bonds is 7. The lowest BCUT2D eigenvalue weighted by Gasteiger charge is -2.32. The van der Waals surface area contributed by atoms with Crippen LogP contribution in [0.2, 0.25) is 0 Å². The zero-order valence-electron chi connectivity index (χ0n) is 13.7. The summed E-state index contributed by atoms with van der Waals surface area (Å²) in [7, 11) is 2.19. The molecule has 0 aromatic heterocycles. The lowest BCUT2D eigenvalue weighted by molar-refractivity contribution is 0.133. The van der Waals surface area contributed by atoms with E-state index in [1.54, 1.807) is 0 Å². The fourth-order valence-corrected chi connectivity index (χ4v) is 2.60. The molecule has 0 amide bonds. The van der Waals surface area contributed by atoms with Gasteiger partial charge in [-0.2, -0.15) is 0 Å². The van der Waals surface area contributed by atoms with Crippen molar-refractivity contribution in [2.45, 2.75) is 20.4 Å². The van der Waals surface area contributed by atoms with Crippen molar-refractivity contribution >= 4 is 0 Å². The van der Waals surface area contributed by atoms with Crippen LogP contribution in [0.15, 0.2) is 18.2 Å². The van der Waals surface area contributed by atoms with Gasteiger partial charge in [0.2, 0.25) is 0 Å². The Hall–Kier alpha value is -1.10. The number of likely N-dealkylation sites (N-methyl/N-ethyl adjacent to an activating group) is 1. The summed E-state index contributed by atoms with van der Waals surface area (Å²) in [6.45, 7) is 12.5. The van der Waals surface area contributed by atoms with E-state index >= 15 is 0 Å². The van der Waals surface area contributed by atoms with Crippen molar-refractivity contribution in [3.05, 3.63) is 29.3 Å². The van der Waals surface area contributed by atoms with E-state index < -0.39 is 0 Å². The number of hydrogen-bond donors (Lipinski definition) is 1. The maximum atomic E-state index is 6.02. The van der Waals surface area contributed by atoms with Gasteiger partial charge in [-0.05, 0) is 26.6 Å². The van der Waals surface area contributed by atoms with E-state index in [9.17, 15) is 0 Å². The molecule has 0 unspecified atom stereocenters. The van der Waals surface area contributed by atoms with Crippen LogP contribution in [0, 0.1) is 6.92 Å². The van der Waals surface area contributed by atoms with Crippen LogP contribution in [-0.4, -0.2) is 62.7 Å². The molecular formula is C17H29N3O. The molecule has 0 spiro atoms. The molecule has 0 bridgehead atoms. The monoisotopic (exact) mass is 291 g/mol. The number of benzene rings is 1. The van der Waals surface area contributed by atoms with E-state index in [2.05, 4.69) is 54.2 Å². The molecule has 1 aromatic rings. The first kappa shape index (κ1) is 16.3. The molecule has 1 fully saturated rings. The molecule has 0 saturated carbocycles. The average molecular weight is 291 g/mol. The van der Waals surface area contributed by atoms with Gasteiger partial charge in [-0.25, -0.2) is 0 Å². The summed E-state index contributed by atoms with van der Waals surface area (Å²) in [6, 6.07) is 6.44. The smallest absolute Gasteiger partial charge is 0.123 e. The van der Waals surface area contributed by atoms with Gasteiger partial charge in [0.1, 0.15) is 12.4 Å². The van der Waals surface area contributed by atoms with Crippen LogP contribution in [0.1, 0.15) is 18.1 Å². The minimum Gasteiger partial charge on any atom is -0.492 e. The van der Waals surface area contributed by atoms with E-state index in [1.165, 1.54) is 11.1 Å². The second-order valence-corrected chi connectivity index (χ2v) is 5.88. The van der Waals surface area contributed by atoms with Crippen molar-refractivity contribution in [1.29, 1.82) is 0 Å². The van der Waals surface area contributed by atoms with E-state index in [0.29, 0.717) is 0 Å². The second kappa shape index (κ2) is 8.37. The highest BCUT2D eigenvalue weighted by Gasteiger charge is 2.13. The van der Waals surface area contributed by atoms with Crippen molar-refractivity contribution in [3.8, 4) is 5.75 Å². The first-order valence-electron chi connectivity index (χ1n) is 8.03. The maximum absolute atomic E-state index is 6.02. The summed E-state index contributed by atoms with van der Waals surface area (Å²) in [6.07, 6.45) is 0. The average Bonchev–Trinajstić information content (AvgIpc) is 2.49. The Morgan fingerprint density at radius 3 is 2.67 bits per heavy atom. The first-order valence-corrected chi connectivity index (χ1v) is 8.03. The molecule has 4 heteroatoms. The van der Waals surface area contributed by atoms with Gasteiger partial charge >= 0.3 is 0 Å². The first-order chi connectivity index (χ1) is 10.2. The summed E-state index contributed by atoms with van der Waals surface area (Å²) in [5.74, 6) is 1.02. The summed E-state index contributed by atoms with van der Waals surface area (Å²) < 4.78 is 6.02. The van der Waals surface area contributed by atoms with E-state index in [-0.39, 0.29) is 0 Å². The molecular weight excluding hydrogens is 262 g/mol. The van der Waals surface area contributed by atoms with Crippen LogP contribution in [0.4, 0.5) is 0 Å². The number of hydrogen-bond acceptors (Lipinski definition) is 4. The summed E-state index contributed by atoms with van der Waals surface area (Å²) in [5, 5.41) is 3.38. The van der Waals surface area contributed by atoms with E-state index in [0.717, 1.165) is 58.2 Å². The summed E-state index contributed by atoms with van der Waals surface area (Å²) in [4.78, 5) is 4.87. The number of nitrogens with one attached hydrogen (secondary N) is 1. The van der Waals surface area contributed by atoms with E-state index in [4.69, 9.17) is 4.74 Å². The van der Waals surface area contributed by atoms with E-state index in [1.807, 2.05) is 0 Å². The third kappa shape index (κ3) is 5.30. The summed E-state index contributed by atoms with van der Waals surface area (Å²) >= 11 is 0. The van der Waals surface area contributed by atoms with Crippen molar-refractivity contribution in [1.82, 2.24) is 15.1 Å². The van der Waals surface area contributed by atoms with Gasteiger partial charge in [0.25, 0.3) is 0 Å². The Bertz CT molecular complexity index is 428. The largest absolute Gasteiger partial charge is 0.492 e. The number of aryl methyl sites for hydroxylation is 1. The van der Waals surface area contributed by atoms with Crippen LogP contribution in [0.3, 0.4) is 0 Å². The Morgan fingerprint density at radius 2 is 1.95 bits per heavy atom. The fourth-order valence-electron chi connectivity index (χ4n) is 2.60. The molecule has 0 atom stereocenters. The molecule has 1 heterocycles. The maximum Gasteiger partial charge on any atom is 0.123 e. The van der Waals surface area contributed by atoms with Gasteiger partial charge in [0.05, 0.1) is 0 Å². The highest BCUT2D eigenvalue weighted by molar-refractivity contribution is 5.36. The predicted molar refractivity (Wildman–Crippen MR) is 88.0 cm³/mol. The van der Waals surface area contributed by atoms with Crippen LogP contribution in [0.25, 0.3) is 0 Å². The Kier molecular flexibility index (Phi) is 6.49. The molecule has 0 radical (unpaired) electrons. The topological polar surface area (TPSA) is 27.7 Å². The highest BCUT2D eigenvalue weighted by atomic mass is 16.5. The molecule has 1 aliphatic heterocycles. The Morgan fingerprint density at radius 1 is 1.19 bits per heavy atom. The number of piperazine rings is 1. The van der Waals surface area contributed by atoms with Gasteiger partial charge in [0, 0.05) is 44.8 Å². The predicted octanol–water partition coefficient (Wildman–Crippen LogP) is 1.73. The van der Waals surface area contributed by atoms with Gasteiger partial charge in [0.15, 0.2) is 0 Å². The lowest BCUT2D eigenvalue weighted by atomic mass is 10.1. The van der Waals surface area contributed by atoms with Gasteiger partial charge in [-0.15, -0.1) is 0 Å². The molecule has 1 N–H and O–H groups in total. The van der Waals surface area contributed by atoms with Crippen LogP contribution in [0.5, 0.6) is 5.75 Å². The minimum absolute atomic E-state index is 0.770. The molecule has 118 valence electrons. The second-order valence-electron chi connectivity index (χ2n) is 5.88. The molecule has 0 aliphatic carbocycles. The lowest BCUT2D eigenvalue weighted by Crippen LogP contribution is -2.45. The van der Waals surface area contributed by atoms with Crippen molar-refractivity contribution in [2.75, 3.05) is 52.9 Å².